The predicted octanol–water partition coefficient (Wildman–Crippen LogP) is 2.50. The molecule has 1 aliphatic rings. The minimum absolute atomic E-state index is 0.184. The molecule has 1 saturated heterocycles. The second kappa shape index (κ2) is 6.48. The summed E-state index contributed by atoms with van der Waals surface area (Å²) in [7, 11) is 1.58. The molecular formula is C17H16ClNO4. The molecule has 0 aromatic heterocycles. The Morgan fingerprint density at radius 2 is 1.70 bits per heavy atom. The van der Waals surface area contributed by atoms with Crippen LogP contribution in [0.5, 0.6) is 11.5 Å². The first kappa shape index (κ1) is 15.6. The summed E-state index contributed by atoms with van der Waals surface area (Å²) in [5, 5.41) is 10.2. The van der Waals surface area contributed by atoms with Gasteiger partial charge < -0.3 is 14.6 Å². The van der Waals surface area contributed by atoms with Crippen LogP contribution in [0, 0.1) is 0 Å². The lowest BCUT2D eigenvalue weighted by atomic mass is 9.97. The molecule has 23 heavy (non-hydrogen) atoms. The fourth-order valence-electron chi connectivity index (χ4n) is 2.55. The van der Waals surface area contributed by atoms with E-state index in [9.17, 15) is 9.90 Å². The number of carbonyl (C=O) groups excluding carboxylic acids is 1. The van der Waals surface area contributed by atoms with Crippen molar-refractivity contribution in [2.45, 2.75) is 12.1 Å². The smallest absolute Gasteiger partial charge is 0.270 e. The van der Waals surface area contributed by atoms with E-state index in [4.69, 9.17) is 21.1 Å². The zero-order valence-electron chi connectivity index (χ0n) is 12.5. The first-order chi connectivity index (χ1) is 11.1. The zero-order valence-corrected chi connectivity index (χ0v) is 13.2. The van der Waals surface area contributed by atoms with Crippen LogP contribution in [0.3, 0.4) is 0 Å². The highest BCUT2D eigenvalue weighted by molar-refractivity contribution is 6.30. The topological polar surface area (TPSA) is 59.0 Å². The van der Waals surface area contributed by atoms with Crippen molar-refractivity contribution in [2.75, 3.05) is 18.6 Å². The highest BCUT2D eigenvalue weighted by atomic mass is 35.5. The molecule has 0 saturated carbocycles. The summed E-state index contributed by atoms with van der Waals surface area (Å²) in [6.45, 7) is -0.184. The molecule has 1 heterocycles. The average molecular weight is 334 g/mol. The quantitative estimate of drug-likeness (QED) is 0.854. The average Bonchev–Trinajstić information content (AvgIpc) is 2.59. The van der Waals surface area contributed by atoms with E-state index < -0.39 is 12.1 Å². The zero-order chi connectivity index (χ0) is 16.4. The third kappa shape index (κ3) is 2.98. The number of methoxy groups -OCH3 is 1. The molecule has 0 unspecified atom stereocenters. The van der Waals surface area contributed by atoms with Crippen LogP contribution in [0.1, 0.15) is 0 Å². The van der Waals surface area contributed by atoms with Crippen LogP contribution in [-0.2, 0) is 4.79 Å². The molecule has 1 N–H and O–H groups in total. The van der Waals surface area contributed by atoms with E-state index in [1.165, 1.54) is 4.90 Å². The predicted molar refractivity (Wildman–Crippen MR) is 87.2 cm³/mol. The molecule has 0 radical (unpaired) electrons. The highest BCUT2D eigenvalue weighted by Gasteiger charge is 2.49. The number of nitrogens with zero attached hydrogens (tertiary/aromatic N) is 1. The van der Waals surface area contributed by atoms with Gasteiger partial charge in [-0.3, -0.25) is 9.69 Å². The number of benzene rings is 2. The molecule has 5 nitrogen and oxygen atoms in total. The van der Waals surface area contributed by atoms with E-state index in [0.717, 1.165) is 0 Å². The number of aliphatic hydroxyl groups excluding tert-OH is 1. The van der Waals surface area contributed by atoms with Gasteiger partial charge in [0.15, 0.2) is 6.10 Å². The van der Waals surface area contributed by atoms with Gasteiger partial charge in [0.2, 0.25) is 0 Å². The molecule has 2 atom stereocenters. The fraction of sp³-hybridized carbons (Fsp3) is 0.235. The number of β-lactam (4-membered cyclic amide) rings is 1. The van der Waals surface area contributed by atoms with Crippen molar-refractivity contribution in [2.24, 2.45) is 0 Å². The van der Waals surface area contributed by atoms with Gasteiger partial charge in [0.05, 0.1) is 13.7 Å². The molecule has 1 fully saturated rings. The Labute approximate surface area is 139 Å². The van der Waals surface area contributed by atoms with E-state index in [0.29, 0.717) is 22.2 Å². The molecular weight excluding hydrogens is 318 g/mol. The van der Waals surface area contributed by atoms with Crippen molar-refractivity contribution in [3.05, 3.63) is 53.6 Å². The van der Waals surface area contributed by atoms with Gasteiger partial charge in [0.25, 0.3) is 5.91 Å². The first-order valence-corrected chi connectivity index (χ1v) is 7.52. The molecule has 0 bridgehead atoms. The van der Waals surface area contributed by atoms with Crippen molar-refractivity contribution in [1.82, 2.24) is 0 Å². The number of halogens is 1. The van der Waals surface area contributed by atoms with Crippen molar-refractivity contribution in [3.8, 4) is 11.5 Å². The SMILES string of the molecule is COc1ccc(N2C(=O)[C@@H](Oc3ccc(Cl)cc3)[C@H]2CO)cc1. The maximum Gasteiger partial charge on any atom is 0.270 e. The minimum Gasteiger partial charge on any atom is -0.497 e. The van der Waals surface area contributed by atoms with E-state index in [1.807, 2.05) is 0 Å². The second-order valence-corrected chi connectivity index (χ2v) is 5.58. The number of anilines is 1. The minimum atomic E-state index is -0.705. The fourth-order valence-corrected chi connectivity index (χ4v) is 2.67. The lowest BCUT2D eigenvalue weighted by Crippen LogP contribution is -2.68. The van der Waals surface area contributed by atoms with Crippen molar-refractivity contribution < 1.29 is 19.4 Å². The number of hydrogen-bond acceptors (Lipinski definition) is 4. The standard InChI is InChI=1S/C17H16ClNO4/c1-22-13-8-4-12(5-9-13)19-15(10-20)16(17(19)21)23-14-6-2-11(18)3-7-14/h2-9,15-16,20H,10H2,1H3/t15-,16+/m1/s1. The monoisotopic (exact) mass is 333 g/mol. The van der Waals surface area contributed by atoms with Gasteiger partial charge in [-0.05, 0) is 48.5 Å². The van der Waals surface area contributed by atoms with Crippen LogP contribution in [-0.4, -0.2) is 36.9 Å². The molecule has 3 rings (SSSR count). The van der Waals surface area contributed by atoms with Crippen LogP contribution < -0.4 is 14.4 Å². The van der Waals surface area contributed by atoms with Crippen LogP contribution in [0.15, 0.2) is 48.5 Å². The molecule has 2 aromatic carbocycles. The lowest BCUT2D eigenvalue weighted by Gasteiger charge is -2.45. The Balaban J connectivity index is 1.75. The molecule has 6 heteroatoms. The molecule has 1 aliphatic heterocycles. The van der Waals surface area contributed by atoms with Crippen LogP contribution in [0.25, 0.3) is 0 Å². The van der Waals surface area contributed by atoms with Gasteiger partial charge in [-0.25, -0.2) is 0 Å². The number of carbonyl (C=O) groups is 1. The summed E-state index contributed by atoms with van der Waals surface area (Å²) < 4.78 is 10.8. The first-order valence-electron chi connectivity index (χ1n) is 7.14. The second-order valence-electron chi connectivity index (χ2n) is 5.15. The summed E-state index contributed by atoms with van der Waals surface area (Å²) in [6, 6.07) is 13.4. The maximum atomic E-state index is 12.4. The van der Waals surface area contributed by atoms with Gasteiger partial charge in [0, 0.05) is 10.7 Å². The third-order valence-electron chi connectivity index (χ3n) is 3.78. The van der Waals surface area contributed by atoms with Gasteiger partial charge in [-0.2, -0.15) is 0 Å². The van der Waals surface area contributed by atoms with Crippen molar-refractivity contribution in [1.29, 1.82) is 0 Å². The Kier molecular flexibility index (Phi) is 4.41. The molecule has 0 aliphatic carbocycles. The Morgan fingerprint density at radius 1 is 1.09 bits per heavy atom. The normalized spacial score (nSPS) is 20.1. The molecule has 0 spiro atoms. The van der Waals surface area contributed by atoms with E-state index in [1.54, 1.807) is 55.6 Å². The molecule has 1 amide bonds. The molecule has 2 aromatic rings. The number of ether oxygens (including phenoxy) is 2. The number of amides is 1. The Hall–Kier alpha value is -2.24. The van der Waals surface area contributed by atoms with E-state index in [2.05, 4.69) is 0 Å². The van der Waals surface area contributed by atoms with Crippen LogP contribution in [0.2, 0.25) is 5.02 Å². The van der Waals surface area contributed by atoms with Crippen LogP contribution in [0.4, 0.5) is 5.69 Å². The van der Waals surface area contributed by atoms with Crippen molar-refractivity contribution >= 4 is 23.2 Å². The van der Waals surface area contributed by atoms with Gasteiger partial charge in [-0.1, -0.05) is 11.6 Å². The Morgan fingerprint density at radius 3 is 2.26 bits per heavy atom. The van der Waals surface area contributed by atoms with Crippen molar-refractivity contribution in [3.63, 3.8) is 0 Å². The van der Waals surface area contributed by atoms with Gasteiger partial charge in [-0.15, -0.1) is 0 Å². The summed E-state index contributed by atoms with van der Waals surface area (Å²) >= 11 is 5.83. The summed E-state index contributed by atoms with van der Waals surface area (Å²) in [6.07, 6.45) is -0.705. The lowest BCUT2D eigenvalue weighted by molar-refractivity contribution is -0.136. The van der Waals surface area contributed by atoms with Gasteiger partial charge >= 0.3 is 0 Å². The summed E-state index contributed by atoms with van der Waals surface area (Å²) in [5.41, 5.74) is 0.700. The largest absolute Gasteiger partial charge is 0.497 e. The summed E-state index contributed by atoms with van der Waals surface area (Å²) in [4.78, 5) is 13.9. The highest BCUT2D eigenvalue weighted by Crippen LogP contribution is 2.32. The number of hydrogen-bond donors (Lipinski definition) is 1. The van der Waals surface area contributed by atoms with Gasteiger partial charge in [0.1, 0.15) is 17.5 Å². The van der Waals surface area contributed by atoms with Crippen LogP contribution >= 0.6 is 11.6 Å². The number of rotatable bonds is 5. The number of aliphatic hydroxyl groups is 1. The molecule has 120 valence electrons. The Bertz CT molecular complexity index is 687. The van der Waals surface area contributed by atoms with E-state index >= 15 is 0 Å². The summed E-state index contributed by atoms with van der Waals surface area (Å²) in [5.74, 6) is 1.06. The maximum absolute atomic E-state index is 12.4. The van der Waals surface area contributed by atoms with E-state index in [-0.39, 0.29) is 12.5 Å². The third-order valence-corrected chi connectivity index (χ3v) is 4.03.